The van der Waals surface area contributed by atoms with Gasteiger partial charge in [-0.3, -0.25) is 0 Å². The summed E-state index contributed by atoms with van der Waals surface area (Å²) < 4.78 is 10.0. The molecule has 6 heteroatoms. The van der Waals surface area contributed by atoms with E-state index < -0.39 is 23.7 Å². The van der Waals surface area contributed by atoms with Gasteiger partial charge in [-0.25, -0.2) is 9.59 Å². The Balaban J connectivity index is 4.39. The minimum atomic E-state index is -0.662. The van der Waals surface area contributed by atoms with E-state index in [0.29, 0.717) is 12.4 Å². The Bertz CT molecular complexity index is 276. The minimum absolute atomic E-state index is 0.294. The molecule has 0 fully saturated rings. The molecule has 0 radical (unpaired) electrons. The molecule has 1 N–H and O–H groups in total. The predicted molar refractivity (Wildman–Crippen MR) is 72.8 cm³/mol. The van der Waals surface area contributed by atoms with Crippen LogP contribution in [0.2, 0.25) is 0 Å². The Kier molecular flexibility index (Phi) is 7.82. The fraction of sp³-hybridized carbons (Fsp3) is 0.833. The number of rotatable bonds is 6. The lowest BCUT2D eigenvalue weighted by Crippen LogP contribution is -2.45. The van der Waals surface area contributed by atoms with E-state index in [1.165, 1.54) is 0 Å². The molecule has 0 saturated carbocycles. The van der Waals surface area contributed by atoms with Crippen molar-refractivity contribution < 1.29 is 19.1 Å². The third-order valence-corrected chi connectivity index (χ3v) is 2.73. The molecular formula is C12H23NO4S. The molecule has 0 saturated heterocycles. The van der Waals surface area contributed by atoms with E-state index in [9.17, 15) is 9.59 Å². The average Bonchev–Trinajstić information content (AvgIpc) is 2.21. The molecule has 1 amide bonds. The highest BCUT2D eigenvalue weighted by Gasteiger charge is 2.24. The number of hydrogen-bond acceptors (Lipinski definition) is 5. The normalized spacial score (nSPS) is 12.7. The van der Waals surface area contributed by atoms with Crippen LogP contribution in [0.5, 0.6) is 0 Å². The van der Waals surface area contributed by atoms with Gasteiger partial charge >= 0.3 is 12.1 Å². The fourth-order valence-electron chi connectivity index (χ4n) is 1.10. The lowest BCUT2D eigenvalue weighted by molar-refractivity contribution is -0.145. The third-order valence-electron chi connectivity index (χ3n) is 1.75. The number of thioether (sulfide) groups is 1. The second-order valence-corrected chi connectivity index (χ2v) is 5.93. The highest BCUT2D eigenvalue weighted by molar-refractivity contribution is 7.99. The summed E-state index contributed by atoms with van der Waals surface area (Å²) in [6.07, 6.45) is -0.600. The molecule has 0 aromatic rings. The van der Waals surface area contributed by atoms with E-state index in [2.05, 4.69) is 5.32 Å². The van der Waals surface area contributed by atoms with Gasteiger partial charge in [0.05, 0.1) is 6.61 Å². The van der Waals surface area contributed by atoms with Crippen LogP contribution >= 0.6 is 11.8 Å². The van der Waals surface area contributed by atoms with Crippen molar-refractivity contribution in [2.24, 2.45) is 0 Å². The van der Waals surface area contributed by atoms with Gasteiger partial charge in [0.25, 0.3) is 0 Å². The van der Waals surface area contributed by atoms with Crippen LogP contribution in [-0.2, 0) is 14.3 Å². The van der Waals surface area contributed by atoms with Crippen molar-refractivity contribution in [2.75, 3.05) is 18.1 Å². The first kappa shape index (κ1) is 17.1. The van der Waals surface area contributed by atoms with E-state index >= 15 is 0 Å². The first-order valence-corrected chi connectivity index (χ1v) is 7.19. The van der Waals surface area contributed by atoms with Crippen LogP contribution in [0.4, 0.5) is 4.79 Å². The smallest absolute Gasteiger partial charge is 0.408 e. The Morgan fingerprint density at radius 1 is 1.28 bits per heavy atom. The van der Waals surface area contributed by atoms with Crippen molar-refractivity contribution >= 4 is 23.8 Å². The standard InChI is InChI=1S/C12H23NO4S/c1-6-16-10(14)9(8-18-7-2)13-11(15)17-12(3,4)5/h9H,6-8H2,1-5H3,(H,13,15). The van der Waals surface area contributed by atoms with Gasteiger partial charge in [-0.1, -0.05) is 6.92 Å². The van der Waals surface area contributed by atoms with E-state index in [0.717, 1.165) is 5.75 Å². The number of amides is 1. The van der Waals surface area contributed by atoms with Crippen LogP contribution in [0.25, 0.3) is 0 Å². The van der Waals surface area contributed by atoms with Crippen LogP contribution in [0.1, 0.15) is 34.6 Å². The quantitative estimate of drug-likeness (QED) is 0.754. The second kappa shape index (κ2) is 8.24. The van der Waals surface area contributed by atoms with Crippen molar-refractivity contribution in [3.63, 3.8) is 0 Å². The fourth-order valence-corrected chi connectivity index (χ4v) is 1.79. The Morgan fingerprint density at radius 2 is 1.89 bits per heavy atom. The van der Waals surface area contributed by atoms with Gasteiger partial charge in [-0.05, 0) is 33.4 Å². The summed E-state index contributed by atoms with van der Waals surface area (Å²) in [6, 6.07) is -0.662. The van der Waals surface area contributed by atoms with E-state index in [4.69, 9.17) is 9.47 Å². The molecule has 18 heavy (non-hydrogen) atoms. The molecule has 0 heterocycles. The SMILES string of the molecule is CCOC(=O)C(CSCC)NC(=O)OC(C)(C)C. The average molecular weight is 277 g/mol. The molecule has 5 nitrogen and oxygen atoms in total. The Labute approximate surface area is 113 Å². The van der Waals surface area contributed by atoms with Gasteiger partial charge in [-0.2, -0.15) is 11.8 Å². The number of alkyl carbamates (subject to hydrolysis) is 1. The molecule has 0 bridgehead atoms. The highest BCUT2D eigenvalue weighted by Crippen LogP contribution is 2.09. The molecule has 1 unspecified atom stereocenters. The first-order chi connectivity index (χ1) is 8.30. The molecular weight excluding hydrogens is 254 g/mol. The summed E-state index contributed by atoms with van der Waals surface area (Å²) >= 11 is 1.56. The van der Waals surface area contributed by atoms with Gasteiger partial charge in [0.2, 0.25) is 0 Å². The van der Waals surface area contributed by atoms with Gasteiger partial charge in [0, 0.05) is 5.75 Å². The number of hydrogen-bond donors (Lipinski definition) is 1. The number of carbonyl (C=O) groups excluding carboxylic acids is 2. The maximum Gasteiger partial charge on any atom is 0.408 e. The Morgan fingerprint density at radius 3 is 2.33 bits per heavy atom. The highest BCUT2D eigenvalue weighted by atomic mass is 32.2. The zero-order valence-corrected chi connectivity index (χ0v) is 12.6. The lowest BCUT2D eigenvalue weighted by atomic mass is 10.2. The summed E-state index contributed by atoms with van der Waals surface area (Å²) in [6.45, 7) is 9.32. The van der Waals surface area contributed by atoms with Crippen LogP contribution < -0.4 is 5.32 Å². The molecule has 0 aromatic carbocycles. The maximum absolute atomic E-state index is 11.6. The molecule has 0 spiro atoms. The molecule has 0 aromatic heterocycles. The van der Waals surface area contributed by atoms with Crippen molar-refractivity contribution in [2.45, 2.75) is 46.3 Å². The topological polar surface area (TPSA) is 64.6 Å². The first-order valence-electron chi connectivity index (χ1n) is 6.04. The van der Waals surface area contributed by atoms with Crippen LogP contribution in [-0.4, -0.2) is 41.8 Å². The van der Waals surface area contributed by atoms with Crippen molar-refractivity contribution in [1.29, 1.82) is 0 Å². The van der Waals surface area contributed by atoms with Crippen LogP contribution in [0.15, 0.2) is 0 Å². The van der Waals surface area contributed by atoms with Gasteiger partial charge < -0.3 is 14.8 Å². The number of esters is 1. The van der Waals surface area contributed by atoms with E-state index in [1.807, 2.05) is 6.92 Å². The number of ether oxygens (including phenoxy) is 2. The van der Waals surface area contributed by atoms with Crippen molar-refractivity contribution in [3.05, 3.63) is 0 Å². The summed E-state index contributed by atoms with van der Waals surface area (Å²) in [7, 11) is 0. The van der Waals surface area contributed by atoms with Gasteiger partial charge in [0.1, 0.15) is 11.6 Å². The lowest BCUT2D eigenvalue weighted by Gasteiger charge is -2.22. The maximum atomic E-state index is 11.6. The molecule has 106 valence electrons. The predicted octanol–water partition coefficient (Wildman–Crippen LogP) is 2.20. The van der Waals surface area contributed by atoms with E-state index in [-0.39, 0.29) is 0 Å². The van der Waals surface area contributed by atoms with Crippen molar-refractivity contribution in [3.8, 4) is 0 Å². The minimum Gasteiger partial charge on any atom is -0.464 e. The van der Waals surface area contributed by atoms with Crippen LogP contribution in [0, 0.1) is 0 Å². The van der Waals surface area contributed by atoms with Crippen molar-refractivity contribution in [1.82, 2.24) is 5.32 Å². The summed E-state index contributed by atoms with van der Waals surface area (Å²) in [4.78, 5) is 23.2. The summed E-state index contributed by atoms with van der Waals surface area (Å²) in [5.41, 5.74) is -0.582. The summed E-state index contributed by atoms with van der Waals surface area (Å²) in [5, 5.41) is 2.54. The second-order valence-electron chi connectivity index (χ2n) is 4.61. The molecule has 0 aliphatic rings. The summed E-state index contributed by atoms with van der Waals surface area (Å²) in [5.74, 6) is 0.921. The van der Waals surface area contributed by atoms with Crippen LogP contribution in [0.3, 0.4) is 0 Å². The number of nitrogens with one attached hydrogen (secondary N) is 1. The number of carbonyl (C=O) groups is 2. The monoisotopic (exact) mass is 277 g/mol. The molecule has 1 atom stereocenters. The molecule has 0 rings (SSSR count). The molecule has 0 aliphatic carbocycles. The third kappa shape index (κ3) is 8.22. The van der Waals surface area contributed by atoms with Gasteiger partial charge in [0.15, 0.2) is 0 Å². The van der Waals surface area contributed by atoms with Gasteiger partial charge in [-0.15, -0.1) is 0 Å². The van der Waals surface area contributed by atoms with E-state index in [1.54, 1.807) is 39.5 Å². The zero-order valence-electron chi connectivity index (χ0n) is 11.7. The zero-order chi connectivity index (χ0) is 14.2. The Hall–Kier alpha value is -0.910. The molecule has 0 aliphatic heterocycles. The largest absolute Gasteiger partial charge is 0.464 e.